The lowest BCUT2D eigenvalue weighted by Gasteiger charge is -2.34. The molecule has 2 heterocycles. The van der Waals surface area contributed by atoms with Crippen molar-refractivity contribution in [1.29, 1.82) is 0 Å². The number of carbonyl (C=O) groups excluding carboxylic acids is 2. The fourth-order valence-electron chi connectivity index (χ4n) is 2.70. The van der Waals surface area contributed by atoms with Crippen LogP contribution in [0.15, 0.2) is 12.3 Å². The number of nitrogens with one attached hydrogen (secondary N) is 1. The zero-order valence-electron chi connectivity index (χ0n) is 16.5. The molecule has 0 spiro atoms. The van der Waals surface area contributed by atoms with E-state index in [-0.39, 0.29) is 30.9 Å². The molecule has 1 fully saturated rings. The summed E-state index contributed by atoms with van der Waals surface area (Å²) < 4.78 is 10.2. The SMILES string of the molecule is CCOC(=O)c1cnc(N2CCC(NC(=O)OC(C)(C)C)CC2)c(Cl)c1.Cl.Cl. The lowest BCUT2D eigenvalue weighted by atomic mass is 10.1. The summed E-state index contributed by atoms with van der Waals surface area (Å²) >= 11 is 6.30. The Labute approximate surface area is 183 Å². The fourth-order valence-corrected chi connectivity index (χ4v) is 2.99. The quantitative estimate of drug-likeness (QED) is 0.682. The molecule has 10 heteroatoms. The number of esters is 1. The number of piperidine rings is 1. The average molecular weight is 457 g/mol. The van der Waals surface area contributed by atoms with Crippen LogP contribution in [-0.2, 0) is 9.47 Å². The highest BCUT2D eigenvalue weighted by Gasteiger charge is 2.25. The zero-order chi connectivity index (χ0) is 19.3. The smallest absolute Gasteiger partial charge is 0.407 e. The Hall–Kier alpha value is -1.44. The first-order chi connectivity index (χ1) is 12.2. The van der Waals surface area contributed by atoms with E-state index >= 15 is 0 Å². The number of nitrogens with zero attached hydrogens (tertiary/aromatic N) is 2. The second-order valence-electron chi connectivity index (χ2n) is 7.16. The molecule has 0 unspecified atom stereocenters. The molecule has 28 heavy (non-hydrogen) atoms. The van der Waals surface area contributed by atoms with Gasteiger partial charge >= 0.3 is 12.1 Å². The molecule has 1 aromatic heterocycles. The number of amides is 1. The van der Waals surface area contributed by atoms with Crippen LogP contribution < -0.4 is 10.2 Å². The van der Waals surface area contributed by atoms with Crippen molar-refractivity contribution < 1.29 is 19.1 Å². The van der Waals surface area contributed by atoms with Gasteiger partial charge in [0.15, 0.2) is 0 Å². The topological polar surface area (TPSA) is 80.8 Å². The number of halogens is 3. The van der Waals surface area contributed by atoms with Crippen LogP contribution in [-0.4, -0.2) is 48.4 Å². The van der Waals surface area contributed by atoms with Gasteiger partial charge in [0.1, 0.15) is 11.4 Å². The highest BCUT2D eigenvalue weighted by Crippen LogP contribution is 2.27. The third kappa shape index (κ3) is 7.89. The molecule has 0 atom stereocenters. The number of pyridine rings is 1. The number of alkyl carbamates (subject to hydrolysis) is 1. The van der Waals surface area contributed by atoms with Crippen LogP contribution in [0.2, 0.25) is 5.02 Å². The summed E-state index contributed by atoms with van der Waals surface area (Å²) in [5.41, 5.74) is -0.176. The number of carbonyl (C=O) groups is 2. The van der Waals surface area contributed by atoms with Crippen LogP contribution in [0.5, 0.6) is 0 Å². The molecule has 1 aliphatic heterocycles. The molecule has 7 nitrogen and oxygen atoms in total. The molecule has 0 saturated carbocycles. The Morgan fingerprint density at radius 3 is 2.39 bits per heavy atom. The molecule has 0 aliphatic carbocycles. The van der Waals surface area contributed by atoms with E-state index < -0.39 is 17.7 Å². The van der Waals surface area contributed by atoms with E-state index in [0.29, 0.717) is 36.1 Å². The van der Waals surface area contributed by atoms with Gasteiger partial charge in [0.05, 0.1) is 17.2 Å². The van der Waals surface area contributed by atoms with Gasteiger partial charge in [0.25, 0.3) is 0 Å². The minimum atomic E-state index is -0.511. The van der Waals surface area contributed by atoms with E-state index in [1.165, 1.54) is 6.20 Å². The van der Waals surface area contributed by atoms with Crippen molar-refractivity contribution >= 4 is 54.3 Å². The van der Waals surface area contributed by atoms with Gasteiger partial charge in [-0.15, -0.1) is 24.8 Å². The molecule has 0 aromatic carbocycles. The van der Waals surface area contributed by atoms with E-state index in [1.54, 1.807) is 13.0 Å². The predicted octanol–water partition coefficient (Wildman–Crippen LogP) is 4.25. The first-order valence-corrected chi connectivity index (χ1v) is 9.14. The van der Waals surface area contributed by atoms with Gasteiger partial charge < -0.3 is 19.7 Å². The third-order valence-electron chi connectivity index (χ3n) is 3.85. The third-order valence-corrected chi connectivity index (χ3v) is 4.13. The largest absolute Gasteiger partial charge is 0.462 e. The first kappa shape index (κ1) is 26.6. The Bertz CT molecular complexity index is 660. The highest BCUT2D eigenvalue weighted by atomic mass is 35.5. The van der Waals surface area contributed by atoms with E-state index in [1.807, 2.05) is 25.7 Å². The molecule has 160 valence electrons. The molecule has 2 rings (SSSR count). The molecular weight excluding hydrogens is 429 g/mol. The van der Waals surface area contributed by atoms with Gasteiger partial charge in [-0.3, -0.25) is 0 Å². The van der Waals surface area contributed by atoms with Crippen molar-refractivity contribution in [3.63, 3.8) is 0 Å². The van der Waals surface area contributed by atoms with E-state index in [4.69, 9.17) is 21.1 Å². The van der Waals surface area contributed by atoms with Gasteiger partial charge in [-0.25, -0.2) is 14.6 Å². The number of rotatable bonds is 4. The van der Waals surface area contributed by atoms with Crippen LogP contribution in [0.1, 0.15) is 50.9 Å². The number of hydrogen-bond donors (Lipinski definition) is 1. The van der Waals surface area contributed by atoms with E-state index in [9.17, 15) is 9.59 Å². The fraction of sp³-hybridized carbons (Fsp3) is 0.611. The minimum absolute atomic E-state index is 0. The second kappa shape index (κ2) is 11.5. The van der Waals surface area contributed by atoms with Gasteiger partial charge in [0.2, 0.25) is 0 Å². The van der Waals surface area contributed by atoms with Crippen molar-refractivity contribution in [1.82, 2.24) is 10.3 Å². The molecule has 1 aliphatic rings. The van der Waals surface area contributed by atoms with Crippen LogP contribution in [0.4, 0.5) is 10.6 Å². The van der Waals surface area contributed by atoms with Gasteiger partial charge in [0, 0.05) is 25.3 Å². The van der Waals surface area contributed by atoms with Crippen molar-refractivity contribution in [2.45, 2.75) is 52.2 Å². The maximum atomic E-state index is 11.9. The lowest BCUT2D eigenvalue weighted by molar-refractivity contribution is 0.0494. The average Bonchev–Trinajstić information content (AvgIpc) is 2.54. The van der Waals surface area contributed by atoms with Crippen molar-refractivity contribution in [2.75, 3.05) is 24.6 Å². The summed E-state index contributed by atoms with van der Waals surface area (Å²) in [6.45, 7) is 8.96. The predicted molar refractivity (Wildman–Crippen MR) is 114 cm³/mol. The normalized spacial score (nSPS) is 14.4. The maximum absolute atomic E-state index is 11.9. The number of aromatic nitrogens is 1. The van der Waals surface area contributed by atoms with E-state index in [2.05, 4.69) is 10.3 Å². The molecule has 1 saturated heterocycles. The maximum Gasteiger partial charge on any atom is 0.407 e. The van der Waals surface area contributed by atoms with Crippen LogP contribution in [0.3, 0.4) is 0 Å². The van der Waals surface area contributed by atoms with Crippen LogP contribution in [0, 0.1) is 0 Å². The van der Waals surface area contributed by atoms with E-state index in [0.717, 1.165) is 12.8 Å². The molecule has 1 aromatic rings. The van der Waals surface area contributed by atoms with Crippen LogP contribution in [0.25, 0.3) is 0 Å². The lowest BCUT2D eigenvalue weighted by Crippen LogP contribution is -2.46. The summed E-state index contributed by atoms with van der Waals surface area (Å²) in [4.78, 5) is 30.0. The zero-order valence-corrected chi connectivity index (χ0v) is 18.9. The van der Waals surface area contributed by atoms with Crippen LogP contribution >= 0.6 is 36.4 Å². The Balaban J connectivity index is 0.00000364. The Morgan fingerprint density at radius 2 is 1.89 bits per heavy atom. The molecule has 1 amide bonds. The standard InChI is InChI=1S/C18H26ClN3O4.2ClH/c1-5-25-16(23)12-10-14(19)15(20-11-12)22-8-6-13(7-9-22)21-17(24)26-18(2,3)4;;/h10-11,13H,5-9H2,1-4H3,(H,21,24);2*1H. The summed E-state index contributed by atoms with van der Waals surface area (Å²) in [5, 5.41) is 3.31. The first-order valence-electron chi connectivity index (χ1n) is 8.76. The summed E-state index contributed by atoms with van der Waals surface area (Å²) in [5.74, 6) is 0.198. The molecule has 0 radical (unpaired) electrons. The monoisotopic (exact) mass is 455 g/mol. The minimum Gasteiger partial charge on any atom is -0.462 e. The highest BCUT2D eigenvalue weighted by molar-refractivity contribution is 6.33. The Kier molecular flexibility index (Phi) is 10.9. The number of ether oxygens (including phenoxy) is 2. The summed E-state index contributed by atoms with van der Waals surface area (Å²) in [6.07, 6.45) is 2.60. The molecule has 0 bridgehead atoms. The number of hydrogen-bond acceptors (Lipinski definition) is 6. The molecule has 1 N–H and O–H groups in total. The molecular formula is C18H28Cl3N3O4. The second-order valence-corrected chi connectivity index (χ2v) is 7.56. The van der Waals surface area contributed by atoms with Crippen molar-refractivity contribution in [3.8, 4) is 0 Å². The van der Waals surface area contributed by atoms with Crippen molar-refractivity contribution in [2.24, 2.45) is 0 Å². The van der Waals surface area contributed by atoms with Gasteiger partial charge in [-0.05, 0) is 46.6 Å². The van der Waals surface area contributed by atoms with Gasteiger partial charge in [-0.2, -0.15) is 0 Å². The number of anilines is 1. The summed E-state index contributed by atoms with van der Waals surface area (Å²) in [7, 11) is 0. The van der Waals surface area contributed by atoms with Gasteiger partial charge in [-0.1, -0.05) is 11.6 Å². The Morgan fingerprint density at radius 1 is 1.29 bits per heavy atom. The van der Waals surface area contributed by atoms with Crippen molar-refractivity contribution in [3.05, 3.63) is 22.8 Å². The summed E-state index contributed by atoms with van der Waals surface area (Å²) in [6, 6.07) is 1.63.